The van der Waals surface area contributed by atoms with Crippen LogP contribution in [0.5, 0.6) is 5.75 Å². The molecular weight excluding hydrogens is 335 g/mol. The van der Waals surface area contributed by atoms with E-state index in [0.717, 1.165) is 0 Å². The van der Waals surface area contributed by atoms with Crippen LogP contribution < -0.4 is 15.8 Å². The summed E-state index contributed by atoms with van der Waals surface area (Å²) < 4.78 is 18.9. The van der Waals surface area contributed by atoms with E-state index in [1.807, 2.05) is 0 Å². The van der Waals surface area contributed by atoms with Gasteiger partial charge >= 0.3 is 0 Å². The average molecular weight is 346 g/mol. The minimum Gasteiger partial charge on any atom is -0.495 e. The summed E-state index contributed by atoms with van der Waals surface area (Å²) in [6, 6.07) is 7.99. The highest BCUT2D eigenvalue weighted by atomic mass is 79.9. The van der Waals surface area contributed by atoms with Gasteiger partial charge in [-0.15, -0.1) is 0 Å². The molecule has 100 valence electrons. The number of nitrogen functional groups attached to an aromatic ring is 1. The van der Waals surface area contributed by atoms with Crippen LogP contribution >= 0.6 is 27.5 Å². The molecular formula is C13H11BrClFN2O. The van der Waals surface area contributed by atoms with Gasteiger partial charge in [-0.3, -0.25) is 0 Å². The lowest BCUT2D eigenvalue weighted by Crippen LogP contribution is -1.98. The molecule has 0 saturated carbocycles. The van der Waals surface area contributed by atoms with Crippen LogP contribution in [-0.4, -0.2) is 7.11 Å². The van der Waals surface area contributed by atoms with Crippen LogP contribution in [0.25, 0.3) is 0 Å². The first-order valence-electron chi connectivity index (χ1n) is 5.36. The molecule has 0 bridgehead atoms. The van der Waals surface area contributed by atoms with Gasteiger partial charge < -0.3 is 15.8 Å². The first-order chi connectivity index (χ1) is 9.01. The normalized spacial score (nSPS) is 10.3. The summed E-state index contributed by atoms with van der Waals surface area (Å²) in [5, 5.41) is 3.47. The molecule has 19 heavy (non-hydrogen) atoms. The number of nitrogens with two attached hydrogens (primary N) is 1. The van der Waals surface area contributed by atoms with Crippen molar-refractivity contribution in [2.24, 2.45) is 0 Å². The van der Waals surface area contributed by atoms with E-state index in [1.54, 1.807) is 18.2 Å². The van der Waals surface area contributed by atoms with Crippen molar-refractivity contribution in [2.75, 3.05) is 18.2 Å². The Morgan fingerprint density at radius 1 is 1.32 bits per heavy atom. The van der Waals surface area contributed by atoms with E-state index in [2.05, 4.69) is 21.2 Å². The van der Waals surface area contributed by atoms with Crippen LogP contribution in [0.3, 0.4) is 0 Å². The summed E-state index contributed by atoms with van der Waals surface area (Å²) in [6.07, 6.45) is 0. The third kappa shape index (κ3) is 3.11. The van der Waals surface area contributed by atoms with Crippen LogP contribution in [-0.2, 0) is 0 Å². The Bertz CT molecular complexity index is 622. The number of halogens is 3. The van der Waals surface area contributed by atoms with Crippen LogP contribution in [0.1, 0.15) is 0 Å². The lowest BCUT2D eigenvalue weighted by atomic mass is 10.2. The van der Waals surface area contributed by atoms with E-state index < -0.39 is 5.82 Å². The Morgan fingerprint density at radius 3 is 2.68 bits per heavy atom. The molecule has 0 spiro atoms. The monoisotopic (exact) mass is 344 g/mol. The van der Waals surface area contributed by atoms with Crippen LogP contribution in [0.15, 0.2) is 34.8 Å². The number of methoxy groups -OCH3 is 1. The molecule has 0 aromatic heterocycles. The number of rotatable bonds is 3. The van der Waals surface area contributed by atoms with Crippen molar-refractivity contribution in [1.29, 1.82) is 0 Å². The van der Waals surface area contributed by atoms with Gasteiger partial charge in [0.05, 0.1) is 28.0 Å². The third-order valence-electron chi connectivity index (χ3n) is 2.52. The molecule has 0 aliphatic carbocycles. The summed E-state index contributed by atoms with van der Waals surface area (Å²) >= 11 is 9.09. The SMILES string of the molecule is COc1ccc(Nc2cc(F)c(Br)cc2N)cc1Cl. The van der Waals surface area contributed by atoms with Gasteiger partial charge in [0.15, 0.2) is 0 Å². The zero-order chi connectivity index (χ0) is 14.0. The molecule has 0 atom stereocenters. The van der Waals surface area contributed by atoms with E-state index in [4.69, 9.17) is 22.1 Å². The fourth-order valence-corrected chi connectivity index (χ4v) is 2.19. The zero-order valence-electron chi connectivity index (χ0n) is 10.0. The minimum absolute atomic E-state index is 0.323. The van der Waals surface area contributed by atoms with E-state index in [-0.39, 0.29) is 0 Å². The molecule has 3 nitrogen and oxygen atoms in total. The van der Waals surface area contributed by atoms with Crippen molar-refractivity contribution in [3.8, 4) is 5.75 Å². The van der Waals surface area contributed by atoms with E-state index in [9.17, 15) is 4.39 Å². The van der Waals surface area contributed by atoms with E-state index in [0.29, 0.717) is 32.3 Å². The number of nitrogens with one attached hydrogen (secondary N) is 1. The van der Waals surface area contributed by atoms with Crippen LogP contribution in [0.4, 0.5) is 21.5 Å². The molecule has 2 rings (SSSR count). The summed E-state index contributed by atoms with van der Waals surface area (Å²) in [7, 11) is 1.54. The lowest BCUT2D eigenvalue weighted by molar-refractivity contribution is 0.415. The maximum Gasteiger partial charge on any atom is 0.139 e. The highest BCUT2D eigenvalue weighted by Crippen LogP contribution is 2.32. The molecule has 2 aromatic rings. The Hall–Kier alpha value is -1.46. The fourth-order valence-electron chi connectivity index (χ4n) is 1.57. The van der Waals surface area contributed by atoms with Gasteiger partial charge in [-0.05, 0) is 40.2 Å². The number of hydrogen-bond acceptors (Lipinski definition) is 3. The lowest BCUT2D eigenvalue weighted by Gasteiger charge is -2.11. The minimum atomic E-state index is -0.392. The Balaban J connectivity index is 2.31. The Labute approximate surface area is 123 Å². The first-order valence-corrected chi connectivity index (χ1v) is 6.53. The molecule has 0 radical (unpaired) electrons. The Kier molecular flexibility index (Phi) is 4.17. The fraction of sp³-hybridized carbons (Fsp3) is 0.0769. The van der Waals surface area contributed by atoms with Crippen molar-refractivity contribution < 1.29 is 9.13 Å². The topological polar surface area (TPSA) is 47.3 Å². The average Bonchev–Trinajstić information content (AvgIpc) is 2.36. The van der Waals surface area contributed by atoms with Gasteiger partial charge in [0.2, 0.25) is 0 Å². The second-order valence-corrected chi connectivity index (χ2v) is 5.09. The molecule has 6 heteroatoms. The molecule has 3 N–H and O–H groups in total. The molecule has 0 aliphatic rings. The van der Waals surface area contributed by atoms with Gasteiger partial charge in [-0.25, -0.2) is 4.39 Å². The molecule has 2 aromatic carbocycles. The van der Waals surface area contributed by atoms with Crippen molar-refractivity contribution in [3.05, 3.63) is 45.6 Å². The number of anilines is 3. The molecule has 0 amide bonds. The Morgan fingerprint density at radius 2 is 2.05 bits per heavy atom. The maximum atomic E-state index is 13.5. The van der Waals surface area contributed by atoms with E-state index in [1.165, 1.54) is 19.2 Å². The smallest absolute Gasteiger partial charge is 0.139 e. The van der Waals surface area contributed by atoms with E-state index >= 15 is 0 Å². The number of hydrogen-bond donors (Lipinski definition) is 2. The van der Waals surface area contributed by atoms with Gasteiger partial charge in [0.25, 0.3) is 0 Å². The van der Waals surface area contributed by atoms with Crippen LogP contribution in [0, 0.1) is 5.82 Å². The third-order valence-corrected chi connectivity index (χ3v) is 3.43. The highest BCUT2D eigenvalue weighted by molar-refractivity contribution is 9.10. The van der Waals surface area contributed by atoms with Gasteiger partial charge in [-0.1, -0.05) is 11.6 Å². The largest absolute Gasteiger partial charge is 0.495 e. The molecule has 0 saturated heterocycles. The second kappa shape index (κ2) is 5.67. The van der Waals surface area contributed by atoms with Gasteiger partial charge in [0, 0.05) is 11.8 Å². The van der Waals surface area contributed by atoms with Gasteiger partial charge in [-0.2, -0.15) is 0 Å². The summed E-state index contributed by atoms with van der Waals surface area (Å²) in [5.41, 5.74) is 7.41. The number of benzene rings is 2. The van der Waals surface area contributed by atoms with Crippen molar-refractivity contribution in [3.63, 3.8) is 0 Å². The molecule has 0 fully saturated rings. The molecule has 0 aliphatic heterocycles. The molecule has 0 unspecified atom stereocenters. The van der Waals surface area contributed by atoms with Gasteiger partial charge in [0.1, 0.15) is 11.6 Å². The van der Waals surface area contributed by atoms with Crippen molar-refractivity contribution in [1.82, 2.24) is 0 Å². The quantitative estimate of drug-likeness (QED) is 0.801. The second-order valence-electron chi connectivity index (χ2n) is 3.83. The summed E-state index contributed by atoms with van der Waals surface area (Å²) in [5.74, 6) is 0.179. The summed E-state index contributed by atoms with van der Waals surface area (Å²) in [6.45, 7) is 0. The predicted molar refractivity (Wildman–Crippen MR) is 79.8 cm³/mol. The van der Waals surface area contributed by atoms with Crippen molar-refractivity contribution in [2.45, 2.75) is 0 Å². The molecule has 0 heterocycles. The van der Waals surface area contributed by atoms with Crippen molar-refractivity contribution >= 4 is 44.6 Å². The zero-order valence-corrected chi connectivity index (χ0v) is 12.3. The standard InChI is InChI=1S/C13H11BrClFN2O/c1-19-13-3-2-7(4-9(13)15)18-12-6-10(16)8(14)5-11(12)17/h2-6,18H,17H2,1H3. The summed E-state index contributed by atoms with van der Waals surface area (Å²) in [4.78, 5) is 0. The predicted octanol–water partition coefficient (Wildman–Crippen LogP) is 4.58. The van der Waals surface area contributed by atoms with Crippen LogP contribution in [0.2, 0.25) is 5.02 Å². The maximum absolute atomic E-state index is 13.5. The number of ether oxygens (including phenoxy) is 1. The highest BCUT2D eigenvalue weighted by Gasteiger charge is 2.07. The first kappa shape index (κ1) is 14.0.